The standard InChI is InChI=1S/C14H16O6/c1-2-20-14(19)11-9(6-4-8-15)5-3-7-10(11)12(16)13(17)18/h3,5,7-8,12,16H,2,4,6H2,1H3,(H,17,18). The van der Waals surface area contributed by atoms with Crippen LogP contribution in [0, 0.1) is 0 Å². The van der Waals surface area contributed by atoms with E-state index in [4.69, 9.17) is 9.84 Å². The summed E-state index contributed by atoms with van der Waals surface area (Å²) in [5, 5.41) is 18.5. The molecular formula is C14H16O6. The van der Waals surface area contributed by atoms with Gasteiger partial charge in [0.05, 0.1) is 12.2 Å². The number of aldehydes is 1. The van der Waals surface area contributed by atoms with Crippen LogP contribution < -0.4 is 0 Å². The maximum atomic E-state index is 12.0. The van der Waals surface area contributed by atoms with E-state index < -0.39 is 18.0 Å². The van der Waals surface area contributed by atoms with Crippen LogP contribution in [0.5, 0.6) is 0 Å². The van der Waals surface area contributed by atoms with Crippen molar-refractivity contribution in [3.05, 3.63) is 34.9 Å². The van der Waals surface area contributed by atoms with Gasteiger partial charge in [0, 0.05) is 12.0 Å². The number of aliphatic hydroxyl groups excluding tert-OH is 1. The lowest BCUT2D eigenvalue weighted by Gasteiger charge is -2.15. The topological polar surface area (TPSA) is 101 Å². The minimum atomic E-state index is -1.81. The number of hydrogen-bond donors (Lipinski definition) is 2. The van der Waals surface area contributed by atoms with Crippen LogP contribution in [0.2, 0.25) is 0 Å². The normalized spacial score (nSPS) is 11.7. The average Bonchev–Trinajstić information content (AvgIpc) is 2.43. The third-order valence-electron chi connectivity index (χ3n) is 2.72. The van der Waals surface area contributed by atoms with Crippen molar-refractivity contribution in [3.63, 3.8) is 0 Å². The van der Waals surface area contributed by atoms with Gasteiger partial charge in [-0.15, -0.1) is 0 Å². The molecule has 0 aliphatic rings. The fraction of sp³-hybridized carbons (Fsp3) is 0.357. The minimum Gasteiger partial charge on any atom is -0.479 e. The Kier molecular flexibility index (Phi) is 5.86. The minimum absolute atomic E-state index is 0.0195. The number of aryl methyl sites for hydroxylation is 1. The Labute approximate surface area is 116 Å². The molecule has 108 valence electrons. The highest BCUT2D eigenvalue weighted by atomic mass is 16.5. The van der Waals surface area contributed by atoms with E-state index >= 15 is 0 Å². The van der Waals surface area contributed by atoms with Crippen molar-refractivity contribution in [2.24, 2.45) is 0 Å². The zero-order valence-corrected chi connectivity index (χ0v) is 11.0. The van der Waals surface area contributed by atoms with Gasteiger partial charge in [-0.1, -0.05) is 18.2 Å². The Morgan fingerprint density at radius 3 is 2.65 bits per heavy atom. The fourth-order valence-electron chi connectivity index (χ4n) is 1.86. The molecule has 1 aromatic rings. The van der Waals surface area contributed by atoms with E-state index in [1.807, 2.05) is 0 Å². The zero-order valence-electron chi connectivity index (χ0n) is 11.0. The third-order valence-corrected chi connectivity index (χ3v) is 2.72. The first-order valence-corrected chi connectivity index (χ1v) is 6.16. The molecule has 0 aliphatic carbocycles. The van der Waals surface area contributed by atoms with Gasteiger partial charge in [-0.2, -0.15) is 0 Å². The van der Waals surface area contributed by atoms with Gasteiger partial charge >= 0.3 is 11.9 Å². The van der Waals surface area contributed by atoms with Crippen molar-refractivity contribution >= 4 is 18.2 Å². The summed E-state index contributed by atoms with van der Waals surface area (Å²) >= 11 is 0. The summed E-state index contributed by atoms with van der Waals surface area (Å²) in [7, 11) is 0. The van der Waals surface area contributed by atoms with E-state index in [-0.39, 0.29) is 30.6 Å². The molecule has 0 saturated carbocycles. The number of esters is 1. The monoisotopic (exact) mass is 280 g/mol. The summed E-state index contributed by atoms with van der Waals surface area (Å²) in [4.78, 5) is 33.3. The van der Waals surface area contributed by atoms with Crippen LogP contribution in [0.3, 0.4) is 0 Å². The highest BCUT2D eigenvalue weighted by Crippen LogP contribution is 2.24. The molecule has 0 amide bonds. The third kappa shape index (κ3) is 3.64. The first kappa shape index (κ1) is 15.8. The summed E-state index contributed by atoms with van der Waals surface area (Å²) in [6, 6.07) is 4.49. The van der Waals surface area contributed by atoms with Crippen LogP contribution in [0.4, 0.5) is 0 Å². The molecule has 0 saturated heterocycles. The van der Waals surface area contributed by atoms with Gasteiger partial charge < -0.3 is 19.7 Å². The van der Waals surface area contributed by atoms with Crippen LogP contribution in [-0.4, -0.2) is 35.0 Å². The Morgan fingerprint density at radius 1 is 1.40 bits per heavy atom. The molecule has 0 heterocycles. The molecule has 6 nitrogen and oxygen atoms in total. The molecule has 1 aromatic carbocycles. The molecule has 0 fully saturated rings. The Balaban J connectivity index is 3.31. The molecule has 1 atom stereocenters. The number of aliphatic carboxylic acids is 1. The number of rotatable bonds is 7. The summed E-state index contributed by atoms with van der Waals surface area (Å²) in [5.74, 6) is -2.16. The SMILES string of the molecule is CCOC(=O)c1c(CCC=O)cccc1C(O)C(=O)O. The smallest absolute Gasteiger partial charge is 0.338 e. The molecule has 1 rings (SSSR count). The number of carboxylic acid groups (broad SMARTS) is 1. The molecule has 0 bridgehead atoms. The predicted octanol–water partition coefficient (Wildman–Crippen LogP) is 1.11. The molecule has 0 aromatic heterocycles. The van der Waals surface area contributed by atoms with Crippen molar-refractivity contribution in [1.29, 1.82) is 0 Å². The van der Waals surface area contributed by atoms with Crippen molar-refractivity contribution in [2.45, 2.75) is 25.9 Å². The van der Waals surface area contributed by atoms with Crippen molar-refractivity contribution < 1.29 is 29.3 Å². The van der Waals surface area contributed by atoms with Crippen LogP contribution in [-0.2, 0) is 20.7 Å². The van der Waals surface area contributed by atoms with E-state index in [0.29, 0.717) is 11.8 Å². The second-order valence-electron chi connectivity index (χ2n) is 4.05. The summed E-state index contributed by atoms with van der Waals surface area (Å²) in [6.45, 7) is 1.75. The largest absolute Gasteiger partial charge is 0.479 e. The molecule has 0 aliphatic heterocycles. The van der Waals surface area contributed by atoms with Crippen molar-refractivity contribution in [1.82, 2.24) is 0 Å². The Hall–Kier alpha value is -2.21. The highest BCUT2D eigenvalue weighted by molar-refractivity contribution is 5.94. The number of hydrogen-bond acceptors (Lipinski definition) is 5. The maximum Gasteiger partial charge on any atom is 0.338 e. The van der Waals surface area contributed by atoms with Gasteiger partial charge in [0.2, 0.25) is 0 Å². The van der Waals surface area contributed by atoms with E-state index in [1.54, 1.807) is 13.0 Å². The molecule has 0 spiro atoms. The number of carboxylic acids is 1. The number of ether oxygens (including phenoxy) is 1. The van der Waals surface area contributed by atoms with Gasteiger partial charge in [0.1, 0.15) is 6.29 Å². The van der Waals surface area contributed by atoms with Gasteiger partial charge in [0.15, 0.2) is 6.10 Å². The molecular weight excluding hydrogens is 264 g/mol. The van der Waals surface area contributed by atoms with Gasteiger partial charge in [-0.25, -0.2) is 9.59 Å². The quantitative estimate of drug-likeness (QED) is 0.573. The number of aliphatic hydroxyl groups is 1. The fourth-order valence-corrected chi connectivity index (χ4v) is 1.86. The second kappa shape index (κ2) is 7.40. The van der Waals surface area contributed by atoms with Crippen LogP contribution in [0.1, 0.15) is 40.9 Å². The molecule has 6 heteroatoms. The van der Waals surface area contributed by atoms with Gasteiger partial charge in [0.25, 0.3) is 0 Å². The lowest BCUT2D eigenvalue weighted by molar-refractivity contribution is -0.147. The van der Waals surface area contributed by atoms with Crippen LogP contribution in [0.25, 0.3) is 0 Å². The number of carbonyl (C=O) groups excluding carboxylic acids is 2. The lowest BCUT2D eigenvalue weighted by Crippen LogP contribution is -2.18. The highest BCUT2D eigenvalue weighted by Gasteiger charge is 2.25. The summed E-state index contributed by atoms with van der Waals surface area (Å²) < 4.78 is 4.89. The Bertz CT molecular complexity index is 508. The van der Waals surface area contributed by atoms with E-state index in [9.17, 15) is 19.5 Å². The van der Waals surface area contributed by atoms with Gasteiger partial charge in [-0.05, 0) is 18.9 Å². The summed E-state index contributed by atoms with van der Waals surface area (Å²) in [6.07, 6.45) is -0.642. The maximum absolute atomic E-state index is 12.0. The number of carbonyl (C=O) groups is 3. The molecule has 2 N–H and O–H groups in total. The Morgan fingerprint density at radius 2 is 2.10 bits per heavy atom. The lowest BCUT2D eigenvalue weighted by atomic mass is 9.94. The van der Waals surface area contributed by atoms with Gasteiger partial charge in [-0.3, -0.25) is 0 Å². The predicted molar refractivity (Wildman–Crippen MR) is 69.4 cm³/mol. The summed E-state index contributed by atoms with van der Waals surface area (Å²) in [5.41, 5.74) is 0.471. The zero-order chi connectivity index (χ0) is 15.1. The molecule has 20 heavy (non-hydrogen) atoms. The molecule has 1 unspecified atom stereocenters. The number of benzene rings is 1. The second-order valence-corrected chi connectivity index (χ2v) is 4.05. The first-order valence-electron chi connectivity index (χ1n) is 6.16. The van der Waals surface area contributed by atoms with Crippen molar-refractivity contribution in [2.75, 3.05) is 6.61 Å². The average molecular weight is 280 g/mol. The van der Waals surface area contributed by atoms with E-state index in [0.717, 1.165) is 0 Å². The molecule has 0 radical (unpaired) electrons. The van der Waals surface area contributed by atoms with E-state index in [2.05, 4.69) is 0 Å². The van der Waals surface area contributed by atoms with Crippen molar-refractivity contribution in [3.8, 4) is 0 Å². The first-order chi connectivity index (χ1) is 9.52. The van der Waals surface area contributed by atoms with Crippen LogP contribution in [0.15, 0.2) is 18.2 Å². The van der Waals surface area contributed by atoms with Crippen LogP contribution >= 0.6 is 0 Å². The van der Waals surface area contributed by atoms with E-state index in [1.165, 1.54) is 12.1 Å².